The number of pyridine rings is 1. The van der Waals surface area contributed by atoms with Gasteiger partial charge in [0.15, 0.2) is 24.7 Å². The van der Waals surface area contributed by atoms with E-state index in [1.54, 1.807) is 42.4 Å². The van der Waals surface area contributed by atoms with Gasteiger partial charge in [-0.2, -0.15) is 0 Å². The summed E-state index contributed by atoms with van der Waals surface area (Å²) in [5, 5.41) is 18.2. The zero-order valence-corrected chi connectivity index (χ0v) is 26.2. The van der Waals surface area contributed by atoms with Crippen LogP contribution in [0.15, 0.2) is 48.8 Å². The van der Waals surface area contributed by atoms with Crippen molar-refractivity contribution in [2.45, 2.75) is 45.4 Å². The molecule has 2 amide bonds. The van der Waals surface area contributed by atoms with Crippen molar-refractivity contribution in [3.8, 4) is 17.2 Å². The monoisotopic (exact) mass is 641 g/mol. The minimum absolute atomic E-state index is 0.00499. The van der Waals surface area contributed by atoms with Crippen molar-refractivity contribution >= 4 is 35.3 Å². The molecule has 0 saturated heterocycles. The fourth-order valence-electron chi connectivity index (χ4n) is 4.47. The molecule has 1 aliphatic heterocycles. The first-order chi connectivity index (χ1) is 21.3. The number of ether oxygens (including phenoxy) is 4. The van der Waals surface area contributed by atoms with Gasteiger partial charge < -0.3 is 39.0 Å². The van der Waals surface area contributed by atoms with E-state index in [4.69, 9.17) is 29.2 Å². The number of hydrogen-bond donors (Lipinski definition) is 2. The Morgan fingerprint density at radius 3 is 2.40 bits per heavy atom. The zero-order valence-electron chi connectivity index (χ0n) is 25.3. The Kier molecular flexibility index (Phi) is 10.5. The van der Waals surface area contributed by atoms with Crippen molar-refractivity contribution in [3.63, 3.8) is 0 Å². The highest BCUT2D eigenvalue weighted by Gasteiger charge is 2.29. The Morgan fingerprint density at radius 1 is 1.04 bits per heavy atom. The van der Waals surface area contributed by atoms with Crippen LogP contribution < -0.4 is 14.2 Å². The van der Waals surface area contributed by atoms with E-state index in [1.807, 2.05) is 20.8 Å². The normalized spacial score (nSPS) is 13.3. The molecule has 14 heteroatoms. The maximum Gasteiger partial charge on any atom is 0.410 e. The van der Waals surface area contributed by atoms with E-state index in [0.29, 0.717) is 35.7 Å². The topological polar surface area (TPSA) is 165 Å². The van der Waals surface area contributed by atoms with Crippen LogP contribution >= 0.6 is 11.3 Å². The maximum absolute atomic E-state index is 13.6. The molecule has 0 bridgehead atoms. The smallest absolute Gasteiger partial charge is 0.410 e. The van der Waals surface area contributed by atoms with Crippen LogP contribution in [0.25, 0.3) is 0 Å². The highest BCUT2D eigenvalue weighted by Crippen LogP contribution is 2.34. The lowest BCUT2D eigenvalue weighted by atomic mass is 10.1. The number of thiophene rings is 1. The molecule has 3 heterocycles. The van der Waals surface area contributed by atoms with Crippen LogP contribution in [0.1, 0.15) is 52.6 Å². The summed E-state index contributed by atoms with van der Waals surface area (Å²) in [6, 6.07) is 9.78. The summed E-state index contributed by atoms with van der Waals surface area (Å²) in [6.07, 6.45) is 2.56. The zero-order chi connectivity index (χ0) is 32.7. The number of carbonyl (C=O) groups excluding carboxylic acids is 2. The molecule has 13 nitrogen and oxygen atoms in total. The van der Waals surface area contributed by atoms with Gasteiger partial charge in [-0.3, -0.25) is 9.78 Å². The van der Waals surface area contributed by atoms with E-state index in [2.05, 4.69) is 4.98 Å². The molecule has 1 atom stereocenters. The summed E-state index contributed by atoms with van der Waals surface area (Å²) < 4.78 is 22.4. The summed E-state index contributed by atoms with van der Waals surface area (Å²) in [6.45, 7) is 5.01. The maximum atomic E-state index is 13.6. The van der Waals surface area contributed by atoms with Crippen LogP contribution in [0.3, 0.4) is 0 Å². The second-order valence-electron chi connectivity index (χ2n) is 11.3. The van der Waals surface area contributed by atoms with Gasteiger partial charge in [-0.05, 0) is 68.7 Å². The molecule has 0 aliphatic carbocycles. The molecule has 4 rings (SSSR count). The third kappa shape index (κ3) is 9.32. The van der Waals surface area contributed by atoms with Gasteiger partial charge >= 0.3 is 18.0 Å². The lowest BCUT2D eigenvalue weighted by molar-refractivity contribution is -0.140. The lowest BCUT2D eigenvalue weighted by Crippen LogP contribution is -2.39. The third-order valence-electron chi connectivity index (χ3n) is 6.47. The van der Waals surface area contributed by atoms with Gasteiger partial charge in [0, 0.05) is 24.7 Å². The summed E-state index contributed by atoms with van der Waals surface area (Å²) in [4.78, 5) is 57.2. The van der Waals surface area contributed by atoms with Crippen LogP contribution in [0.5, 0.6) is 17.2 Å². The van der Waals surface area contributed by atoms with E-state index >= 15 is 0 Å². The Morgan fingerprint density at radius 2 is 1.76 bits per heavy atom. The number of likely N-dealkylation sites (N-methyl/N-ethyl adjacent to an activating group) is 1. The van der Waals surface area contributed by atoms with E-state index < -0.39 is 43.0 Å². The number of nitrogens with zero attached hydrogens (tertiary/aromatic N) is 3. The van der Waals surface area contributed by atoms with Gasteiger partial charge in [-0.25, -0.2) is 14.4 Å². The van der Waals surface area contributed by atoms with Crippen molar-refractivity contribution in [2.24, 2.45) is 0 Å². The number of carbonyl (C=O) groups is 4. The molecule has 1 aliphatic rings. The first kappa shape index (κ1) is 33.1. The van der Waals surface area contributed by atoms with Crippen LogP contribution in [0.4, 0.5) is 4.79 Å². The summed E-state index contributed by atoms with van der Waals surface area (Å²) in [7, 11) is 1.64. The van der Waals surface area contributed by atoms with Gasteiger partial charge in [0.1, 0.15) is 17.5 Å². The molecular formula is C31H35N3O10S. The van der Waals surface area contributed by atoms with Gasteiger partial charge in [0.25, 0.3) is 5.91 Å². The Labute approximate surface area is 263 Å². The minimum atomic E-state index is -1.23. The molecule has 0 saturated carbocycles. The van der Waals surface area contributed by atoms with E-state index in [0.717, 1.165) is 10.4 Å². The number of benzene rings is 1. The highest BCUT2D eigenvalue weighted by atomic mass is 32.1. The molecule has 0 fully saturated rings. The number of rotatable bonds is 12. The number of aliphatic carboxylic acids is 2. The molecule has 1 aromatic carbocycles. The molecule has 1 unspecified atom stereocenters. The fraction of sp³-hybridized carbons (Fsp3) is 0.387. The van der Waals surface area contributed by atoms with Gasteiger partial charge in [0.05, 0.1) is 24.2 Å². The predicted molar refractivity (Wildman–Crippen MR) is 162 cm³/mol. The Bertz CT molecular complexity index is 1540. The molecule has 240 valence electrons. The summed E-state index contributed by atoms with van der Waals surface area (Å²) in [5.74, 6) is -2.22. The van der Waals surface area contributed by atoms with Gasteiger partial charge in [-0.15, -0.1) is 11.3 Å². The number of fused-ring (bicyclic) bond motifs is 1. The quantitative estimate of drug-likeness (QED) is 0.290. The number of carboxylic acids is 2. The molecule has 3 aromatic rings. The van der Waals surface area contributed by atoms with E-state index in [9.17, 15) is 19.2 Å². The Hall–Kier alpha value is -4.85. The second kappa shape index (κ2) is 14.3. The number of carboxylic acid groups (broad SMARTS) is 2. The van der Waals surface area contributed by atoms with Crippen molar-refractivity contribution in [1.29, 1.82) is 0 Å². The highest BCUT2D eigenvalue weighted by molar-refractivity contribution is 7.14. The molecule has 0 spiro atoms. The SMILES string of the molecule is CN(CC(Oc1cccnc1)c1ccc(OCC(=O)O)c(OCC(=O)O)c1)C(=O)c1cc2c(s1)CCN(C(=O)OC(C)(C)C)C2. The third-order valence-corrected chi connectivity index (χ3v) is 7.70. The van der Waals surface area contributed by atoms with Gasteiger partial charge in [0.2, 0.25) is 0 Å². The molecule has 2 N–H and O–H groups in total. The Balaban J connectivity index is 1.55. The predicted octanol–water partition coefficient (Wildman–Crippen LogP) is 4.26. The van der Waals surface area contributed by atoms with Crippen molar-refractivity contribution in [1.82, 2.24) is 14.8 Å². The first-order valence-corrected chi connectivity index (χ1v) is 14.9. The molecular weight excluding hydrogens is 606 g/mol. The summed E-state index contributed by atoms with van der Waals surface area (Å²) >= 11 is 1.39. The van der Waals surface area contributed by atoms with Crippen LogP contribution in [-0.2, 0) is 27.3 Å². The fourth-order valence-corrected chi connectivity index (χ4v) is 5.63. The average molecular weight is 642 g/mol. The first-order valence-electron chi connectivity index (χ1n) is 14.0. The summed E-state index contributed by atoms with van der Waals surface area (Å²) in [5.41, 5.74) is 0.799. The van der Waals surface area contributed by atoms with Crippen LogP contribution in [0, 0.1) is 0 Å². The number of hydrogen-bond acceptors (Lipinski definition) is 10. The van der Waals surface area contributed by atoms with E-state index in [1.165, 1.54) is 34.6 Å². The van der Waals surface area contributed by atoms with Crippen LogP contribution in [0.2, 0.25) is 0 Å². The minimum Gasteiger partial charge on any atom is -0.482 e. The van der Waals surface area contributed by atoms with Crippen molar-refractivity contribution in [2.75, 3.05) is 33.4 Å². The number of aromatic nitrogens is 1. The molecule has 2 aromatic heterocycles. The largest absolute Gasteiger partial charge is 0.482 e. The number of amides is 2. The van der Waals surface area contributed by atoms with Crippen molar-refractivity contribution in [3.05, 3.63) is 69.7 Å². The van der Waals surface area contributed by atoms with Crippen LogP contribution in [-0.4, -0.2) is 87.9 Å². The lowest BCUT2D eigenvalue weighted by Gasteiger charge is -2.29. The average Bonchev–Trinajstić information content (AvgIpc) is 3.41. The standard InChI is InChI=1S/C31H35N3O10S/c1-31(2,3)44-30(40)34-11-9-25-20(15-34)13-26(45-25)29(39)33(4)16-24(43-21-6-5-10-32-14-21)19-7-8-22(41-17-27(35)36)23(12-19)42-18-28(37)38/h5-8,10,12-14,24H,9,11,15-18H2,1-4H3,(H,35,36)(H,37,38). The molecule has 0 radical (unpaired) electrons. The van der Waals surface area contributed by atoms with Gasteiger partial charge in [-0.1, -0.05) is 6.07 Å². The molecule has 45 heavy (non-hydrogen) atoms. The second-order valence-corrected chi connectivity index (χ2v) is 12.4. The van der Waals surface area contributed by atoms with E-state index in [-0.39, 0.29) is 24.0 Å². The van der Waals surface area contributed by atoms with Crippen molar-refractivity contribution < 1.29 is 48.3 Å².